The highest BCUT2D eigenvalue weighted by Crippen LogP contribution is 2.22. The van der Waals surface area contributed by atoms with Crippen LogP contribution in [-0.4, -0.2) is 36.6 Å². The Hall–Kier alpha value is -0.0800. The zero-order valence-corrected chi connectivity index (χ0v) is 11.6. The predicted octanol–water partition coefficient (Wildman–Crippen LogP) is 3.17. The Morgan fingerprint density at radius 3 is 2.47 bits per heavy atom. The van der Waals surface area contributed by atoms with Crippen molar-refractivity contribution < 1.29 is 0 Å². The fourth-order valence-electron chi connectivity index (χ4n) is 2.87. The molecule has 0 spiro atoms. The van der Waals surface area contributed by atoms with Crippen LogP contribution < -0.4 is 5.32 Å². The van der Waals surface area contributed by atoms with Gasteiger partial charge in [0.1, 0.15) is 0 Å². The van der Waals surface area contributed by atoms with Gasteiger partial charge in [0.15, 0.2) is 0 Å². The van der Waals surface area contributed by atoms with Gasteiger partial charge < -0.3 is 10.2 Å². The molecule has 1 unspecified atom stereocenters. The van der Waals surface area contributed by atoms with Gasteiger partial charge in [0, 0.05) is 18.6 Å². The van der Waals surface area contributed by atoms with Crippen LogP contribution in [0.1, 0.15) is 64.7 Å². The van der Waals surface area contributed by atoms with Gasteiger partial charge >= 0.3 is 0 Å². The maximum Gasteiger partial charge on any atom is 0.0209 e. The molecule has 1 aliphatic carbocycles. The third-order valence-electron chi connectivity index (χ3n) is 4.15. The summed E-state index contributed by atoms with van der Waals surface area (Å²) in [4.78, 5) is 2.67. The average Bonchev–Trinajstić information content (AvgIpc) is 3.02. The first kappa shape index (κ1) is 13.4. The molecule has 1 N–H and O–H groups in total. The van der Waals surface area contributed by atoms with Crippen LogP contribution in [0.15, 0.2) is 0 Å². The van der Waals surface area contributed by atoms with Gasteiger partial charge in [-0.2, -0.15) is 0 Å². The van der Waals surface area contributed by atoms with Crippen molar-refractivity contribution >= 4 is 0 Å². The van der Waals surface area contributed by atoms with Gasteiger partial charge in [0.2, 0.25) is 0 Å². The molecule has 0 aromatic heterocycles. The number of hydrogen-bond donors (Lipinski definition) is 1. The van der Waals surface area contributed by atoms with Crippen LogP contribution in [0.2, 0.25) is 0 Å². The summed E-state index contributed by atoms with van der Waals surface area (Å²) in [7, 11) is 0. The highest BCUT2D eigenvalue weighted by Gasteiger charge is 2.28. The first-order chi connectivity index (χ1) is 8.38. The highest BCUT2D eigenvalue weighted by atomic mass is 15.2. The third-order valence-corrected chi connectivity index (χ3v) is 4.15. The number of nitrogens with one attached hydrogen (secondary N) is 1. The van der Waals surface area contributed by atoms with Crippen molar-refractivity contribution in [3.05, 3.63) is 0 Å². The van der Waals surface area contributed by atoms with E-state index in [1.54, 1.807) is 0 Å². The van der Waals surface area contributed by atoms with Crippen molar-refractivity contribution in [1.82, 2.24) is 10.2 Å². The van der Waals surface area contributed by atoms with Crippen LogP contribution >= 0.6 is 0 Å². The maximum atomic E-state index is 3.76. The van der Waals surface area contributed by atoms with E-state index in [2.05, 4.69) is 17.1 Å². The topological polar surface area (TPSA) is 15.3 Å². The van der Waals surface area contributed by atoms with Crippen LogP contribution in [0.4, 0.5) is 0 Å². The molecule has 1 aliphatic heterocycles. The molecule has 2 heteroatoms. The molecule has 100 valence electrons. The van der Waals surface area contributed by atoms with Gasteiger partial charge in [-0.25, -0.2) is 0 Å². The highest BCUT2D eigenvalue weighted by molar-refractivity contribution is 4.89. The summed E-state index contributed by atoms with van der Waals surface area (Å²) >= 11 is 0. The van der Waals surface area contributed by atoms with Crippen LogP contribution in [0, 0.1) is 0 Å². The second kappa shape index (κ2) is 7.38. The fourth-order valence-corrected chi connectivity index (χ4v) is 2.87. The van der Waals surface area contributed by atoms with Crippen molar-refractivity contribution in [3.8, 4) is 0 Å². The quantitative estimate of drug-likeness (QED) is 0.621. The lowest BCUT2D eigenvalue weighted by molar-refractivity contribution is 0.317. The van der Waals surface area contributed by atoms with Gasteiger partial charge in [-0.15, -0.1) is 0 Å². The summed E-state index contributed by atoms with van der Waals surface area (Å²) in [6, 6.07) is 1.69. The van der Waals surface area contributed by atoms with Gasteiger partial charge in [-0.05, 0) is 38.8 Å². The van der Waals surface area contributed by atoms with Crippen molar-refractivity contribution in [2.24, 2.45) is 0 Å². The molecule has 0 amide bonds. The summed E-state index contributed by atoms with van der Waals surface area (Å²) in [6.07, 6.45) is 12.8. The van der Waals surface area contributed by atoms with E-state index in [1.807, 2.05) is 0 Å². The lowest BCUT2D eigenvalue weighted by atomic mass is 10.1. The first-order valence-corrected chi connectivity index (χ1v) is 7.87. The molecule has 0 aromatic rings. The van der Waals surface area contributed by atoms with E-state index < -0.39 is 0 Å². The standard InChI is InChI=1S/C15H30N2/c1-2-3-4-5-6-7-11-17-12-10-15(13-17)16-14-8-9-14/h14-16H,2-13H2,1H3. The Morgan fingerprint density at radius 1 is 0.941 bits per heavy atom. The van der Waals surface area contributed by atoms with E-state index >= 15 is 0 Å². The average molecular weight is 238 g/mol. The van der Waals surface area contributed by atoms with Crippen LogP contribution in [0.5, 0.6) is 0 Å². The summed E-state index contributed by atoms with van der Waals surface area (Å²) in [5.74, 6) is 0. The van der Waals surface area contributed by atoms with Crippen LogP contribution in [0.25, 0.3) is 0 Å². The van der Waals surface area contributed by atoms with Gasteiger partial charge in [-0.3, -0.25) is 0 Å². The minimum Gasteiger partial charge on any atom is -0.310 e. The Balaban J connectivity index is 1.43. The molecular formula is C15H30N2. The smallest absolute Gasteiger partial charge is 0.0209 e. The monoisotopic (exact) mass is 238 g/mol. The Kier molecular flexibility index (Phi) is 5.79. The molecule has 1 saturated heterocycles. The van der Waals surface area contributed by atoms with Gasteiger partial charge in [-0.1, -0.05) is 39.0 Å². The van der Waals surface area contributed by atoms with E-state index in [0.717, 1.165) is 12.1 Å². The van der Waals surface area contributed by atoms with Crippen LogP contribution in [0.3, 0.4) is 0 Å². The molecule has 0 aromatic carbocycles. The van der Waals surface area contributed by atoms with Crippen molar-refractivity contribution in [2.45, 2.75) is 76.8 Å². The number of nitrogens with zero attached hydrogens (tertiary/aromatic N) is 1. The zero-order valence-electron chi connectivity index (χ0n) is 11.6. The molecule has 2 nitrogen and oxygen atoms in total. The number of hydrogen-bond acceptors (Lipinski definition) is 2. The van der Waals surface area contributed by atoms with Crippen molar-refractivity contribution in [3.63, 3.8) is 0 Å². The van der Waals surface area contributed by atoms with Crippen molar-refractivity contribution in [1.29, 1.82) is 0 Å². The van der Waals surface area contributed by atoms with Crippen molar-refractivity contribution in [2.75, 3.05) is 19.6 Å². The predicted molar refractivity (Wildman–Crippen MR) is 74.4 cm³/mol. The third kappa shape index (κ3) is 5.39. The lowest BCUT2D eigenvalue weighted by Gasteiger charge is -2.16. The van der Waals surface area contributed by atoms with E-state index in [0.29, 0.717) is 0 Å². The second-order valence-corrected chi connectivity index (χ2v) is 5.99. The summed E-state index contributed by atoms with van der Waals surface area (Å²) in [5, 5.41) is 3.76. The maximum absolute atomic E-state index is 3.76. The number of unbranched alkanes of at least 4 members (excludes halogenated alkanes) is 5. The summed E-state index contributed by atoms with van der Waals surface area (Å²) < 4.78 is 0. The minimum atomic E-state index is 0.808. The van der Waals surface area contributed by atoms with Crippen LogP contribution in [-0.2, 0) is 0 Å². The molecule has 2 rings (SSSR count). The SMILES string of the molecule is CCCCCCCCN1CCC(NC2CC2)C1. The van der Waals surface area contributed by atoms with E-state index in [9.17, 15) is 0 Å². The second-order valence-electron chi connectivity index (χ2n) is 5.99. The molecule has 2 fully saturated rings. The number of likely N-dealkylation sites (tertiary alicyclic amines) is 1. The van der Waals surface area contributed by atoms with E-state index in [4.69, 9.17) is 0 Å². The molecular weight excluding hydrogens is 208 g/mol. The van der Waals surface area contributed by atoms with E-state index in [-0.39, 0.29) is 0 Å². The molecule has 2 aliphatic rings. The molecule has 17 heavy (non-hydrogen) atoms. The molecule has 0 radical (unpaired) electrons. The summed E-state index contributed by atoms with van der Waals surface area (Å²) in [6.45, 7) is 6.27. The minimum absolute atomic E-state index is 0.808. The van der Waals surface area contributed by atoms with E-state index in [1.165, 1.54) is 77.4 Å². The Bertz CT molecular complexity index is 201. The summed E-state index contributed by atoms with van der Waals surface area (Å²) in [5.41, 5.74) is 0. The zero-order chi connectivity index (χ0) is 11.9. The normalized spacial score (nSPS) is 25.6. The molecule has 1 heterocycles. The molecule has 1 saturated carbocycles. The van der Waals surface area contributed by atoms with Gasteiger partial charge in [0.25, 0.3) is 0 Å². The largest absolute Gasteiger partial charge is 0.310 e. The molecule has 1 atom stereocenters. The number of rotatable bonds is 9. The Labute approximate surface area is 107 Å². The fraction of sp³-hybridized carbons (Fsp3) is 1.00. The molecule has 0 bridgehead atoms. The first-order valence-electron chi connectivity index (χ1n) is 7.87. The lowest BCUT2D eigenvalue weighted by Crippen LogP contribution is -2.34. The Morgan fingerprint density at radius 2 is 1.71 bits per heavy atom. The van der Waals surface area contributed by atoms with Gasteiger partial charge in [0.05, 0.1) is 0 Å².